The number of benzene rings is 3. The van der Waals surface area contributed by atoms with Crippen LogP contribution >= 0.6 is 23.4 Å². The Morgan fingerprint density at radius 1 is 1.03 bits per heavy atom. The highest BCUT2D eigenvalue weighted by Gasteiger charge is 2.34. The van der Waals surface area contributed by atoms with Gasteiger partial charge in [0.1, 0.15) is 17.9 Å². The van der Waals surface area contributed by atoms with Crippen LogP contribution in [-0.4, -0.2) is 29.8 Å². The lowest BCUT2D eigenvalue weighted by Gasteiger charge is -2.25. The summed E-state index contributed by atoms with van der Waals surface area (Å²) in [5, 5.41) is 12.5. The van der Waals surface area contributed by atoms with Crippen molar-refractivity contribution in [2.24, 2.45) is 0 Å². The van der Waals surface area contributed by atoms with Crippen molar-refractivity contribution in [3.8, 4) is 5.75 Å². The fourth-order valence-electron chi connectivity index (χ4n) is 3.43. The van der Waals surface area contributed by atoms with Gasteiger partial charge in [0.15, 0.2) is 0 Å². The number of aryl methyl sites for hydroxylation is 1. The van der Waals surface area contributed by atoms with Crippen molar-refractivity contribution in [1.82, 2.24) is 5.32 Å². The molecule has 0 saturated heterocycles. The molecule has 0 aliphatic rings. The topological polar surface area (TPSA) is 84.9 Å². The van der Waals surface area contributed by atoms with E-state index in [1.165, 1.54) is 14.0 Å². The van der Waals surface area contributed by atoms with Crippen LogP contribution in [0.2, 0.25) is 5.02 Å². The summed E-state index contributed by atoms with van der Waals surface area (Å²) in [5.41, 5.74) is 0.614. The van der Waals surface area contributed by atoms with E-state index in [0.29, 0.717) is 24.5 Å². The van der Waals surface area contributed by atoms with Crippen LogP contribution in [0.15, 0.2) is 82.6 Å². The summed E-state index contributed by atoms with van der Waals surface area (Å²) in [6.07, 6.45) is 0.571. The minimum atomic E-state index is -1.41. The third-order valence-corrected chi connectivity index (χ3v) is 6.80. The van der Waals surface area contributed by atoms with E-state index in [1.807, 2.05) is 72.8 Å². The van der Waals surface area contributed by atoms with Crippen molar-refractivity contribution in [3.63, 3.8) is 0 Å². The molecule has 0 aliphatic heterocycles. The molecule has 3 aromatic rings. The highest BCUT2D eigenvalue weighted by molar-refractivity contribution is 7.99. The van der Waals surface area contributed by atoms with Gasteiger partial charge in [-0.05, 0) is 67.6 Å². The number of methoxy groups -OCH3 is 1. The van der Waals surface area contributed by atoms with Crippen LogP contribution in [0.4, 0.5) is 4.79 Å². The van der Waals surface area contributed by atoms with Gasteiger partial charge in [-0.3, -0.25) is 0 Å². The number of rotatable bonds is 11. The minimum Gasteiger partial charge on any atom is -0.489 e. The lowest BCUT2D eigenvalue weighted by molar-refractivity contribution is -0.144. The molecule has 2 N–H and O–H groups in total. The number of carboxylic acids is 1. The summed E-state index contributed by atoms with van der Waals surface area (Å²) in [6, 6.07) is 23.8. The van der Waals surface area contributed by atoms with E-state index in [2.05, 4.69) is 10.1 Å². The standard InChI is InChI=1S/C27H28ClNO5S/c1-27(25(30)31,29-26(32)33-2)15-7-10-20-13-14-23(17-24(20)28)35-22-12-6-11-21(16-22)34-18-19-8-4-3-5-9-19/h3-6,8-9,11-14,16-17H,7,10,15,18H2,1-2H3,(H,29,32)(H,30,31). The van der Waals surface area contributed by atoms with Gasteiger partial charge in [-0.25, -0.2) is 9.59 Å². The minimum absolute atomic E-state index is 0.236. The SMILES string of the molecule is COC(=O)NC(C)(CCCc1ccc(Sc2cccc(OCc3ccccc3)c2)cc1Cl)C(=O)O. The first-order chi connectivity index (χ1) is 16.8. The Kier molecular flexibility index (Phi) is 9.46. The number of aliphatic carboxylic acids is 1. The van der Waals surface area contributed by atoms with Crippen LogP contribution in [0.5, 0.6) is 5.75 Å². The summed E-state index contributed by atoms with van der Waals surface area (Å²) in [5.74, 6) is -0.320. The predicted octanol–water partition coefficient (Wildman–Crippen LogP) is 6.59. The van der Waals surface area contributed by atoms with E-state index in [9.17, 15) is 14.7 Å². The van der Waals surface area contributed by atoms with Crippen LogP contribution in [0.3, 0.4) is 0 Å². The maximum absolute atomic E-state index is 11.6. The Bertz CT molecular complexity index is 1160. The van der Waals surface area contributed by atoms with Crippen molar-refractivity contribution in [2.45, 2.75) is 48.1 Å². The number of hydrogen-bond donors (Lipinski definition) is 2. The Morgan fingerprint density at radius 3 is 2.46 bits per heavy atom. The van der Waals surface area contributed by atoms with Crippen LogP contribution < -0.4 is 10.1 Å². The number of hydrogen-bond acceptors (Lipinski definition) is 5. The third-order valence-electron chi connectivity index (χ3n) is 5.47. The van der Waals surface area contributed by atoms with E-state index in [-0.39, 0.29) is 6.42 Å². The highest BCUT2D eigenvalue weighted by Crippen LogP contribution is 2.33. The van der Waals surface area contributed by atoms with Crippen LogP contribution in [0, 0.1) is 0 Å². The first-order valence-electron chi connectivity index (χ1n) is 11.1. The van der Waals surface area contributed by atoms with E-state index in [4.69, 9.17) is 16.3 Å². The molecule has 0 bridgehead atoms. The molecule has 0 aliphatic carbocycles. The van der Waals surface area contributed by atoms with E-state index in [0.717, 1.165) is 26.7 Å². The Hall–Kier alpha value is -3.16. The van der Waals surface area contributed by atoms with Crippen molar-refractivity contribution < 1.29 is 24.2 Å². The van der Waals surface area contributed by atoms with Crippen molar-refractivity contribution in [3.05, 3.63) is 88.9 Å². The molecule has 0 aromatic heterocycles. The summed E-state index contributed by atoms with van der Waals surface area (Å²) in [6.45, 7) is 1.97. The largest absolute Gasteiger partial charge is 0.489 e. The average molecular weight is 514 g/mol. The summed E-state index contributed by atoms with van der Waals surface area (Å²) >= 11 is 8.10. The number of amides is 1. The zero-order valence-corrected chi connectivity index (χ0v) is 21.2. The van der Waals surface area contributed by atoms with Gasteiger partial charge >= 0.3 is 12.1 Å². The summed E-state index contributed by atoms with van der Waals surface area (Å²) in [4.78, 5) is 25.2. The molecule has 35 heavy (non-hydrogen) atoms. The molecule has 1 atom stereocenters. The number of carbonyl (C=O) groups is 2. The summed E-state index contributed by atoms with van der Waals surface area (Å²) in [7, 11) is 1.20. The van der Waals surface area contributed by atoms with E-state index >= 15 is 0 Å². The van der Waals surface area contributed by atoms with Crippen LogP contribution in [0.25, 0.3) is 0 Å². The Morgan fingerprint density at radius 2 is 1.77 bits per heavy atom. The Labute approximate surface area is 214 Å². The lowest BCUT2D eigenvalue weighted by atomic mass is 9.93. The fourth-order valence-corrected chi connectivity index (χ4v) is 4.68. The molecule has 0 saturated carbocycles. The monoisotopic (exact) mass is 513 g/mol. The maximum Gasteiger partial charge on any atom is 0.407 e. The highest BCUT2D eigenvalue weighted by atomic mass is 35.5. The van der Waals surface area contributed by atoms with Gasteiger partial charge in [-0.2, -0.15) is 0 Å². The average Bonchev–Trinajstić information content (AvgIpc) is 2.85. The maximum atomic E-state index is 11.6. The first-order valence-corrected chi connectivity index (χ1v) is 12.3. The van der Waals surface area contributed by atoms with E-state index in [1.54, 1.807) is 11.8 Å². The summed E-state index contributed by atoms with van der Waals surface area (Å²) < 4.78 is 10.5. The number of carbonyl (C=O) groups excluding carboxylic acids is 1. The van der Waals surface area contributed by atoms with Crippen molar-refractivity contribution >= 4 is 35.4 Å². The lowest BCUT2D eigenvalue weighted by Crippen LogP contribution is -2.52. The molecule has 0 radical (unpaired) electrons. The van der Waals surface area contributed by atoms with Gasteiger partial charge < -0.3 is 19.9 Å². The molecule has 6 nitrogen and oxygen atoms in total. The normalized spacial score (nSPS) is 12.4. The molecule has 3 rings (SSSR count). The van der Waals surface area contributed by atoms with Gasteiger partial charge in [-0.1, -0.05) is 65.8 Å². The van der Waals surface area contributed by atoms with Crippen LogP contribution in [0.1, 0.15) is 30.9 Å². The number of nitrogens with one attached hydrogen (secondary N) is 1. The van der Waals surface area contributed by atoms with Crippen LogP contribution in [-0.2, 0) is 22.6 Å². The molecular weight excluding hydrogens is 486 g/mol. The molecule has 3 aromatic carbocycles. The molecule has 184 valence electrons. The molecule has 1 unspecified atom stereocenters. The van der Waals surface area contributed by atoms with Gasteiger partial charge in [0.25, 0.3) is 0 Å². The second-order valence-corrected chi connectivity index (χ2v) is 9.77. The Balaban J connectivity index is 1.57. The molecular formula is C27H28ClNO5S. The second kappa shape index (κ2) is 12.5. The predicted molar refractivity (Wildman–Crippen MR) is 137 cm³/mol. The number of carboxylic acid groups (broad SMARTS) is 1. The molecule has 0 spiro atoms. The molecule has 0 heterocycles. The molecule has 1 amide bonds. The van der Waals surface area contributed by atoms with Gasteiger partial charge in [0.2, 0.25) is 0 Å². The van der Waals surface area contributed by atoms with Gasteiger partial charge in [0.05, 0.1) is 7.11 Å². The number of halogens is 1. The van der Waals surface area contributed by atoms with E-state index < -0.39 is 17.6 Å². The zero-order valence-electron chi connectivity index (χ0n) is 19.6. The first kappa shape index (κ1) is 26.4. The fraction of sp³-hybridized carbons (Fsp3) is 0.259. The van der Waals surface area contributed by atoms with Crippen molar-refractivity contribution in [2.75, 3.05) is 7.11 Å². The smallest absolute Gasteiger partial charge is 0.407 e. The molecule has 8 heteroatoms. The van der Waals surface area contributed by atoms with Gasteiger partial charge in [0, 0.05) is 14.8 Å². The number of ether oxygens (including phenoxy) is 2. The van der Waals surface area contributed by atoms with Crippen molar-refractivity contribution in [1.29, 1.82) is 0 Å². The zero-order chi connectivity index (χ0) is 25.3. The number of alkyl carbamates (subject to hydrolysis) is 1. The quantitative estimate of drug-likeness (QED) is 0.301. The molecule has 0 fully saturated rings. The second-order valence-electron chi connectivity index (χ2n) is 8.21. The van der Waals surface area contributed by atoms with Gasteiger partial charge in [-0.15, -0.1) is 0 Å². The third kappa shape index (κ3) is 7.94.